The zero-order valence-electron chi connectivity index (χ0n) is 15.7. The van der Waals surface area contributed by atoms with Crippen LogP contribution in [0.15, 0.2) is 23.1 Å². The van der Waals surface area contributed by atoms with E-state index in [0.717, 1.165) is 19.3 Å². The molecule has 27 heavy (non-hydrogen) atoms. The van der Waals surface area contributed by atoms with E-state index in [2.05, 4.69) is 10.0 Å². The molecule has 0 radical (unpaired) electrons. The normalized spacial score (nSPS) is 21.4. The molecule has 0 saturated carbocycles. The van der Waals surface area contributed by atoms with Gasteiger partial charge in [-0.2, -0.15) is 4.72 Å². The van der Waals surface area contributed by atoms with Gasteiger partial charge < -0.3 is 19.7 Å². The molecule has 1 amide bonds. The standard InChI is InChI=1S/C18H27N3O5S/c1-13(18(22)21-8-3-5-14(12-21)19-2)20-27(23,24)15-6-7-16-17(11-15)26-10-4-9-25-16/h6-7,11,13-14,19-20H,3-5,8-10,12H2,1-2H3. The predicted molar refractivity (Wildman–Crippen MR) is 100 cm³/mol. The zero-order chi connectivity index (χ0) is 19.4. The minimum atomic E-state index is -3.86. The van der Waals surface area contributed by atoms with E-state index in [1.807, 2.05) is 7.05 Å². The van der Waals surface area contributed by atoms with Gasteiger partial charge in [0.2, 0.25) is 15.9 Å². The molecular formula is C18H27N3O5S. The third-order valence-electron chi connectivity index (χ3n) is 4.87. The third kappa shape index (κ3) is 4.72. The van der Waals surface area contributed by atoms with Crippen LogP contribution < -0.4 is 19.5 Å². The molecular weight excluding hydrogens is 370 g/mol. The van der Waals surface area contributed by atoms with Crippen molar-refractivity contribution in [3.8, 4) is 11.5 Å². The van der Waals surface area contributed by atoms with Crippen LogP contribution in [0.2, 0.25) is 0 Å². The molecule has 0 spiro atoms. The van der Waals surface area contributed by atoms with Gasteiger partial charge in [-0.1, -0.05) is 0 Å². The summed E-state index contributed by atoms with van der Waals surface area (Å²) in [5.74, 6) is 0.720. The lowest BCUT2D eigenvalue weighted by Crippen LogP contribution is -2.53. The second-order valence-electron chi connectivity index (χ2n) is 6.91. The average Bonchev–Trinajstić information content (AvgIpc) is 2.91. The van der Waals surface area contributed by atoms with Crippen molar-refractivity contribution >= 4 is 15.9 Å². The van der Waals surface area contributed by atoms with Crippen LogP contribution in [0, 0.1) is 0 Å². The van der Waals surface area contributed by atoms with Crippen molar-refractivity contribution in [1.82, 2.24) is 14.9 Å². The Labute approximate surface area is 160 Å². The number of likely N-dealkylation sites (tertiary alicyclic amines) is 1. The van der Waals surface area contributed by atoms with E-state index in [0.29, 0.717) is 37.8 Å². The first-order valence-electron chi connectivity index (χ1n) is 9.29. The largest absolute Gasteiger partial charge is 0.490 e. The first kappa shape index (κ1) is 19.9. The van der Waals surface area contributed by atoms with Gasteiger partial charge in [0.15, 0.2) is 11.5 Å². The lowest BCUT2D eigenvalue weighted by molar-refractivity contribution is -0.133. The van der Waals surface area contributed by atoms with Gasteiger partial charge in [-0.05, 0) is 38.9 Å². The quantitative estimate of drug-likeness (QED) is 0.760. The van der Waals surface area contributed by atoms with Crippen LogP contribution in [0.4, 0.5) is 0 Å². The number of nitrogens with one attached hydrogen (secondary N) is 2. The Morgan fingerprint density at radius 2 is 1.96 bits per heavy atom. The number of benzene rings is 1. The number of carbonyl (C=O) groups is 1. The number of amides is 1. The highest BCUT2D eigenvalue weighted by Gasteiger charge is 2.29. The van der Waals surface area contributed by atoms with Crippen molar-refractivity contribution in [2.24, 2.45) is 0 Å². The van der Waals surface area contributed by atoms with Crippen LogP contribution in [-0.2, 0) is 14.8 Å². The van der Waals surface area contributed by atoms with Gasteiger partial charge in [0.05, 0.1) is 24.2 Å². The molecule has 2 N–H and O–H groups in total. The van der Waals surface area contributed by atoms with Gasteiger partial charge in [-0.25, -0.2) is 8.42 Å². The van der Waals surface area contributed by atoms with Gasteiger partial charge in [-0.15, -0.1) is 0 Å². The van der Waals surface area contributed by atoms with E-state index in [1.54, 1.807) is 17.9 Å². The summed E-state index contributed by atoms with van der Waals surface area (Å²) in [6.07, 6.45) is 2.65. The van der Waals surface area contributed by atoms with Gasteiger partial charge in [0.25, 0.3) is 0 Å². The summed E-state index contributed by atoms with van der Waals surface area (Å²) >= 11 is 0. The molecule has 150 valence electrons. The first-order chi connectivity index (χ1) is 12.9. The van der Waals surface area contributed by atoms with Crippen molar-refractivity contribution in [3.63, 3.8) is 0 Å². The van der Waals surface area contributed by atoms with Gasteiger partial charge in [0.1, 0.15) is 0 Å². The molecule has 2 aliphatic rings. The number of sulfonamides is 1. The Hall–Kier alpha value is -1.84. The lowest BCUT2D eigenvalue weighted by Gasteiger charge is -2.34. The number of hydrogen-bond acceptors (Lipinski definition) is 6. The van der Waals surface area contributed by atoms with E-state index in [1.165, 1.54) is 12.1 Å². The second kappa shape index (κ2) is 8.45. The molecule has 1 aromatic rings. The summed E-state index contributed by atoms with van der Waals surface area (Å²) in [4.78, 5) is 14.4. The molecule has 0 aliphatic carbocycles. The third-order valence-corrected chi connectivity index (χ3v) is 6.41. The fourth-order valence-corrected chi connectivity index (χ4v) is 4.56. The second-order valence-corrected chi connectivity index (χ2v) is 8.63. The van der Waals surface area contributed by atoms with E-state index in [9.17, 15) is 13.2 Å². The molecule has 0 aromatic heterocycles. The number of hydrogen-bond donors (Lipinski definition) is 2. The molecule has 1 aromatic carbocycles. The number of fused-ring (bicyclic) bond motifs is 1. The maximum atomic E-state index is 12.7. The van der Waals surface area contributed by atoms with Crippen molar-refractivity contribution in [2.45, 2.75) is 43.2 Å². The number of rotatable bonds is 5. The molecule has 2 unspecified atom stereocenters. The highest BCUT2D eigenvalue weighted by molar-refractivity contribution is 7.89. The van der Waals surface area contributed by atoms with Crippen LogP contribution in [0.3, 0.4) is 0 Å². The molecule has 2 heterocycles. The number of piperidine rings is 1. The first-order valence-corrected chi connectivity index (χ1v) is 10.8. The Kier molecular flexibility index (Phi) is 6.23. The van der Waals surface area contributed by atoms with Gasteiger partial charge in [-0.3, -0.25) is 4.79 Å². The van der Waals surface area contributed by atoms with Crippen molar-refractivity contribution < 1.29 is 22.7 Å². The minimum absolute atomic E-state index is 0.0538. The fraction of sp³-hybridized carbons (Fsp3) is 0.611. The summed E-state index contributed by atoms with van der Waals surface area (Å²) < 4.78 is 39.0. The van der Waals surface area contributed by atoms with Gasteiger partial charge in [0, 0.05) is 31.6 Å². The molecule has 3 rings (SSSR count). The topological polar surface area (TPSA) is 97.0 Å². The molecule has 9 heteroatoms. The molecule has 2 atom stereocenters. The summed E-state index contributed by atoms with van der Waals surface area (Å²) in [6, 6.07) is 3.89. The van der Waals surface area contributed by atoms with E-state index >= 15 is 0 Å². The Bertz CT molecular complexity index is 783. The fourth-order valence-electron chi connectivity index (χ4n) is 3.35. The van der Waals surface area contributed by atoms with Crippen LogP contribution in [0.5, 0.6) is 11.5 Å². The summed E-state index contributed by atoms with van der Waals surface area (Å²) in [5.41, 5.74) is 0. The van der Waals surface area contributed by atoms with Crippen LogP contribution in [-0.4, -0.2) is 64.7 Å². The van der Waals surface area contributed by atoms with Crippen LogP contribution in [0.25, 0.3) is 0 Å². The van der Waals surface area contributed by atoms with E-state index in [-0.39, 0.29) is 16.8 Å². The van der Waals surface area contributed by atoms with Crippen molar-refractivity contribution in [1.29, 1.82) is 0 Å². The van der Waals surface area contributed by atoms with E-state index < -0.39 is 16.1 Å². The van der Waals surface area contributed by atoms with Gasteiger partial charge >= 0.3 is 0 Å². The maximum absolute atomic E-state index is 12.7. The summed E-state index contributed by atoms with van der Waals surface area (Å²) in [6.45, 7) is 3.82. The maximum Gasteiger partial charge on any atom is 0.241 e. The molecule has 0 bridgehead atoms. The monoisotopic (exact) mass is 397 g/mol. The smallest absolute Gasteiger partial charge is 0.241 e. The number of likely N-dealkylation sites (N-methyl/N-ethyl adjacent to an activating group) is 1. The van der Waals surface area contributed by atoms with Crippen molar-refractivity contribution in [2.75, 3.05) is 33.4 Å². The summed E-state index contributed by atoms with van der Waals surface area (Å²) in [5, 5.41) is 3.18. The number of nitrogens with zero attached hydrogens (tertiary/aromatic N) is 1. The molecule has 1 fully saturated rings. The van der Waals surface area contributed by atoms with Crippen LogP contribution >= 0.6 is 0 Å². The lowest BCUT2D eigenvalue weighted by atomic mass is 10.1. The Balaban J connectivity index is 1.70. The SMILES string of the molecule is CNC1CCCN(C(=O)C(C)NS(=O)(=O)c2ccc3c(c2)OCCCO3)C1. The average molecular weight is 397 g/mol. The van der Waals surface area contributed by atoms with Crippen LogP contribution in [0.1, 0.15) is 26.2 Å². The highest BCUT2D eigenvalue weighted by Crippen LogP contribution is 2.31. The predicted octanol–water partition coefficient (Wildman–Crippen LogP) is 0.725. The minimum Gasteiger partial charge on any atom is -0.490 e. The Morgan fingerprint density at radius 3 is 2.70 bits per heavy atom. The summed E-state index contributed by atoms with van der Waals surface area (Å²) in [7, 11) is -1.99. The Morgan fingerprint density at radius 1 is 1.22 bits per heavy atom. The molecule has 1 saturated heterocycles. The molecule has 2 aliphatic heterocycles. The highest BCUT2D eigenvalue weighted by atomic mass is 32.2. The van der Waals surface area contributed by atoms with Crippen molar-refractivity contribution in [3.05, 3.63) is 18.2 Å². The number of ether oxygens (including phenoxy) is 2. The molecule has 8 nitrogen and oxygen atoms in total. The van der Waals surface area contributed by atoms with E-state index in [4.69, 9.17) is 9.47 Å². The number of carbonyl (C=O) groups excluding carboxylic acids is 1. The zero-order valence-corrected chi connectivity index (χ0v) is 16.5.